The molecular formula is C24H29N3O4S. The maximum Gasteiger partial charge on any atom is 0.262 e. The van der Waals surface area contributed by atoms with Crippen LogP contribution in [0.15, 0.2) is 47.3 Å². The number of ether oxygens (including phenoxy) is 2. The Bertz CT molecular complexity index is 1190. The van der Waals surface area contributed by atoms with Crippen molar-refractivity contribution in [2.24, 2.45) is 0 Å². The minimum Gasteiger partial charge on any atom is -0.489 e. The molecule has 0 atom stereocenters. The number of carbonyl (C=O) groups excluding carboxylic acids is 1. The highest BCUT2D eigenvalue weighted by atomic mass is 32.1. The number of hydrogen-bond donors (Lipinski definition) is 2. The Morgan fingerprint density at radius 2 is 1.94 bits per heavy atom. The number of aromatic amines is 1. The molecule has 0 aliphatic rings. The van der Waals surface area contributed by atoms with Crippen LogP contribution in [0.2, 0.25) is 0 Å². The lowest BCUT2D eigenvalue weighted by Gasteiger charge is -2.13. The van der Waals surface area contributed by atoms with E-state index in [1.54, 1.807) is 17.7 Å². The summed E-state index contributed by atoms with van der Waals surface area (Å²) < 4.78 is 12.7. The Morgan fingerprint density at radius 3 is 2.75 bits per heavy atom. The molecule has 0 spiro atoms. The van der Waals surface area contributed by atoms with E-state index in [2.05, 4.69) is 10.3 Å². The molecule has 32 heavy (non-hydrogen) atoms. The van der Waals surface area contributed by atoms with Crippen LogP contribution in [-0.2, 0) is 16.1 Å². The maximum absolute atomic E-state index is 12.7. The molecule has 3 rings (SSSR count). The van der Waals surface area contributed by atoms with Gasteiger partial charge in [0.2, 0.25) is 5.91 Å². The number of anilines is 1. The monoisotopic (exact) mass is 455 g/mol. The van der Waals surface area contributed by atoms with Gasteiger partial charge in [0.1, 0.15) is 12.4 Å². The fourth-order valence-corrected chi connectivity index (χ4v) is 3.72. The number of nitrogens with zero attached hydrogens (tertiary/aromatic N) is 1. The van der Waals surface area contributed by atoms with Crippen molar-refractivity contribution in [2.45, 2.75) is 39.2 Å². The molecule has 0 saturated carbocycles. The second kappa shape index (κ2) is 11.6. The van der Waals surface area contributed by atoms with E-state index in [-0.39, 0.29) is 11.5 Å². The number of para-hydroxylation sites is 1. The summed E-state index contributed by atoms with van der Waals surface area (Å²) in [5.74, 6) is 0.575. The van der Waals surface area contributed by atoms with Gasteiger partial charge in [0.05, 0.1) is 23.2 Å². The molecule has 0 saturated heterocycles. The van der Waals surface area contributed by atoms with Gasteiger partial charge in [-0.05, 0) is 61.8 Å². The largest absolute Gasteiger partial charge is 0.489 e. The topological polar surface area (TPSA) is 85.3 Å². The Labute approximate surface area is 192 Å². The molecule has 0 unspecified atom stereocenters. The molecule has 1 aromatic heterocycles. The van der Waals surface area contributed by atoms with Gasteiger partial charge in [-0.2, -0.15) is 0 Å². The summed E-state index contributed by atoms with van der Waals surface area (Å²) in [5, 5.41) is 3.56. The number of H-pyrrole nitrogens is 1. The average Bonchev–Trinajstić information content (AvgIpc) is 2.77. The molecule has 2 aromatic carbocycles. The van der Waals surface area contributed by atoms with Crippen LogP contribution in [0, 0.1) is 11.7 Å². The minimum absolute atomic E-state index is 0.0643. The molecule has 8 heteroatoms. The number of fused-ring (bicyclic) bond motifs is 1. The zero-order valence-electron chi connectivity index (χ0n) is 18.5. The highest BCUT2D eigenvalue weighted by molar-refractivity contribution is 7.71. The van der Waals surface area contributed by atoms with Gasteiger partial charge in [0.25, 0.3) is 5.56 Å². The molecule has 0 aliphatic carbocycles. The van der Waals surface area contributed by atoms with E-state index in [4.69, 9.17) is 21.7 Å². The zero-order chi connectivity index (χ0) is 22.9. The van der Waals surface area contributed by atoms with Gasteiger partial charge in [-0.1, -0.05) is 24.6 Å². The van der Waals surface area contributed by atoms with Crippen molar-refractivity contribution in [3.05, 3.63) is 63.2 Å². The minimum atomic E-state index is -0.0810. The predicted molar refractivity (Wildman–Crippen MR) is 129 cm³/mol. The number of hydrogen-bond acceptors (Lipinski definition) is 5. The number of aryl methyl sites for hydroxylation is 1. The number of aromatic nitrogens is 2. The second-order valence-corrected chi connectivity index (χ2v) is 8.02. The normalized spacial score (nSPS) is 10.9. The Balaban J connectivity index is 1.49. The third-order valence-electron chi connectivity index (χ3n) is 5.13. The maximum atomic E-state index is 12.7. The van der Waals surface area contributed by atoms with Crippen LogP contribution in [-0.4, -0.2) is 35.8 Å². The van der Waals surface area contributed by atoms with Crippen molar-refractivity contribution >= 4 is 34.7 Å². The molecule has 1 heterocycles. The number of unbranched alkanes of at least 4 members (excludes halogenated alkanes) is 2. The lowest BCUT2D eigenvalue weighted by Crippen LogP contribution is -2.22. The fourth-order valence-electron chi connectivity index (χ4n) is 3.43. The van der Waals surface area contributed by atoms with Gasteiger partial charge in [-0.15, -0.1) is 0 Å². The Hall–Kier alpha value is -2.97. The van der Waals surface area contributed by atoms with Crippen LogP contribution in [0.25, 0.3) is 10.9 Å². The SMILES string of the molecule is COCCOc1cc(C)ccc1NC(=O)CCCCCn1c(=S)[nH]c2ccccc2c1=O. The van der Waals surface area contributed by atoms with Crippen LogP contribution in [0.5, 0.6) is 5.75 Å². The lowest BCUT2D eigenvalue weighted by molar-refractivity contribution is -0.116. The van der Waals surface area contributed by atoms with Crippen LogP contribution in [0.4, 0.5) is 5.69 Å². The summed E-state index contributed by atoms with van der Waals surface area (Å²) in [5.41, 5.74) is 2.38. The average molecular weight is 456 g/mol. The summed E-state index contributed by atoms with van der Waals surface area (Å²) in [7, 11) is 1.62. The van der Waals surface area contributed by atoms with Crippen LogP contribution >= 0.6 is 12.2 Å². The Morgan fingerprint density at radius 1 is 1.12 bits per heavy atom. The molecule has 0 bridgehead atoms. The van der Waals surface area contributed by atoms with Crippen LogP contribution < -0.4 is 15.6 Å². The Kier molecular flexibility index (Phi) is 8.58. The molecule has 3 aromatic rings. The van der Waals surface area contributed by atoms with E-state index >= 15 is 0 Å². The predicted octanol–water partition coefficient (Wildman–Crippen LogP) is 4.59. The highest BCUT2D eigenvalue weighted by Gasteiger charge is 2.09. The number of rotatable bonds is 11. The number of carbonyl (C=O) groups is 1. The quantitative estimate of drug-likeness (QED) is 0.326. The first-order chi connectivity index (χ1) is 15.5. The first-order valence-electron chi connectivity index (χ1n) is 10.7. The van der Waals surface area contributed by atoms with E-state index in [0.29, 0.717) is 47.8 Å². The first kappa shape index (κ1) is 23.7. The number of nitrogens with one attached hydrogen (secondary N) is 2. The standard InChI is InChI=1S/C24H29N3O4S/c1-17-11-12-20(21(16-17)31-15-14-30-2)25-22(28)10-4-3-7-13-27-23(29)18-8-5-6-9-19(18)26-24(27)32/h5-6,8-9,11-12,16H,3-4,7,10,13-15H2,1-2H3,(H,25,28)(H,26,32). The van der Waals surface area contributed by atoms with E-state index in [1.165, 1.54) is 0 Å². The number of amides is 1. The molecule has 0 fully saturated rings. The van der Waals surface area contributed by atoms with Gasteiger partial charge in [-0.3, -0.25) is 14.2 Å². The van der Waals surface area contributed by atoms with Crippen molar-refractivity contribution in [1.29, 1.82) is 0 Å². The molecule has 1 amide bonds. The van der Waals surface area contributed by atoms with Gasteiger partial charge in [-0.25, -0.2) is 0 Å². The van der Waals surface area contributed by atoms with Crippen molar-refractivity contribution in [3.8, 4) is 5.75 Å². The molecular weight excluding hydrogens is 426 g/mol. The summed E-state index contributed by atoms with van der Waals surface area (Å²) in [4.78, 5) is 28.2. The molecule has 2 N–H and O–H groups in total. The van der Waals surface area contributed by atoms with Gasteiger partial charge < -0.3 is 19.8 Å². The highest BCUT2D eigenvalue weighted by Crippen LogP contribution is 2.26. The summed E-state index contributed by atoms with van der Waals surface area (Å²) >= 11 is 5.34. The van der Waals surface area contributed by atoms with E-state index in [0.717, 1.165) is 30.3 Å². The van der Waals surface area contributed by atoms with Gasteiger partial charge in [0.15, 0.2) is 4.77 Å². The fraction of sp³-hybridized carbons (Fsp3) is 0.375. The summed E-state index contributed by atoms with van der Waals surface area (Å²) in [6, 6.07) is 13.0. The number of methoxy groups -OCH3 is 1. The van der Waals surface area contributed by atoms with Crippen molar-refractivity contribution in [1.82, 2.24) is 9.55 Å². The van der Waals surface area contributed by atoms with E-state index in [1.807, 2.05) is 43.3 Å². The third-order valence-corrected chi connectivity index (χ3v) is 5.45. The van der Waals surface area contributed by atoms with E-state index in [9.17, 15) is 9.59 Å². The van der Waals surface area contributed by atoms with Crippen LogP contribution in [0.3, 0.4) is 0 Å². The summed E-state index contributed by atoms with van der Waals surface area (Å²) in [6.07, 6.45) is 2.69. The molecule has 0 aliphatic heterocycles. The summed E-state index contributed by atoms with van der Waals surface area (Å²) in [6.45, 7) is 3.39. The van der Waals surface area contributed by atoms with Gasteiger partial charge >= 0.3 is 0 Å². The molecule has 0 radical (unpaired) electrons. The third kappa shape index (κ3) is 6.27. The first-order valence-corrected chi connectivity index (χ1v) is 11.1. The second-order valence-electron chi connectivity index (χ2n) is 7.63. The van der Waals surface area contributed by atoms with E-state index < -0.39 is 0 Å². The van der Waals surface area contributed by atoms with Crippen LogP contribution in [0.1, 0.15) is 31.2 Å². The molecule has 7 nitrogen and oxygen atoms in total. The number of benzene rings is 2. The van der Waals surface area contributed by atoms with Gasteiger partial charge in [0, 0.05) is 20.1 Å². The lowest BCUT2D eigenvalue weighted by atomic mass is 10.1. The van der Waals surface area contributed by atoms with Crippen molar-refractivity contribution in [2.75, 3.05) is 25.6 Å². The smallest absolute Gasteiger partial charge is 0.262 e. The van der Waals surface area contributed by atoms with Crippen molar-refractivity contribution in [3.63, 3.8) is 0 Å². The van der Waals surface area contributed by atoms with Crippen molar-refractivity contribution < 1.29 is 14.3 Å². The zero-order valence-corrected chi connectivity index (χ0v) is 19.3. The molecule has 170 valence electrons.